The van der Waals surface area contributed by atoms with E-state index in [2.05, 4.69) is 44.7 Å². The molecular weight excluding hydrogens is 352 g/mol. The Kier molecular flexibility index (Phi) is 6.04. The third-order valence-corrected chi connectivity index (χ3v) is 5.67. The maximum Gasteiger partial charge on any atom is 0.276 e. The minimum Gasteiger partial charge on any atom is -0.321 e. The second-order valence-corrected chi connectivity index (χ2v) is 7.92. The number of carbonyl (C=O) groups is 1. The van der Waals surface area contributed by atoms with Crippen LogP contribution in [0.1, 0.15) is 34.9 Å². The van der Waals surface area contributed by atoms with Crippen molar-refractivity contribution >= 4 is 11.6 Å². The lowest BCUT2D eigenvalue weighted by Crippen LogP contribution is -2.43. The summed E-state index contributed by atoms with van der Waals surface area (Å²) in [7, 11) is 2.17. The monoisotopic (exact) mass is 382 g/mol. The summed E-state index contributed by atoms with van der Waals surface area (Å²) in [5.74, 6) is -0.153. The predicted octanol–water partition coefficient (Wildman–Crippen LogP) is 1.81. The summed E-state index contributed by atoms with van der Waals surface area (Å²) in [6.45, 7) is 7.28. The Morgan fingerprint density at radius 3 is 2.89 bits per heavy atom. The SMILES string of the molecule is CN1CCN(Cc2cccc(NC(=O)c3ccn(C4CCCNC4)n3)c2)CC1. The Morgan fingerprint density at radius 1 is 1.25 bits per heavy atom. The third-order valence-electron chi connectivity index (χ3n) is 5.67. The van der Waals surface area contributed by atoms with Crippen LogP contribution in [0.15, 0.2) is 36.5 Å². The Labute approximate surface area is 166 Å². The molecule has 3 heterocycles. The molecule has 2 fully saturated rings. The van der Waals surface area contributed by atoms with Crippen molar-refractivity contribution in [1.82, 2.24) is 24.9 Å². The number of rotatable bonds is 5. The summed E-state index contributed by atoms with van der Waals surface area (Å²) >= 11 is 0. The molecule has 1 aromatic heterocycles. The number of amides is 1. The molecule has 2 aliphatic heterocycles. The minimum atomic E-state index is -0.153. The molecule has 28 heavy (non-hydrogen) atoms. The van der Waals surface area contributed by atoms with Gasteiger partial charge in [-0.1, -0.05) is 12.1 Å². The van der Waals surface area contributed by atoms with Crippen molar-refractivity contribution in [2.45, 2.75) is 25.4 Å². The fraction of sp³-hybridized carbons (Fsp3) is 0.524. The molecule has 7 heteroatoms. The number of anilines is 1. The number of hydrogen-bond donors (Lipinski definition) is 2. The number of piperazine rings is 1. The van der Waals surface area contributed by atoms with Crippen LogP contribution in [0.5, 0.6) is 0 Å². The lowest BCUT2D eigenvalue weighted by atomic mass is 10.1. The lowest BCUT2D eigenvalue weighted by Gasteiger charge is -2.32. The third kappa shape index (κ3) is 4.79. The maximum absolute atomic E-state index is 12.6. The van der Waals surface area contributed by atoms with Gasteiger partial charge in [-0.3, -0.25) is 14.4 Å². The second kappa shape index (κ2) is 8.86. The average molecular weight is 383 g/mol. The number of carbonyl (C=O) groups excluding carboxylic acids is 1. The van der Waals surface area contributed by atoms with Crippen LogP contribution >= 0.6 is 0 Å². The van der Waals surface area contributed by atoms with Crippen LogP contribution in [-0.4, -0.2) is 71.8 Å². The molecule has 0 saturated carbocycles. The molecule has 1 unspecified atom stereocenters. The largest absolute Gasteiger partial charge is 0.321 e. The van der Waals surface area contributed by atoms with E-state index in [0.29, 0.717) is 11.7 Å². The van der Waals surface area contributed by atoms with Gasteiger partial charge in [-0.25, -0.2) is 0 Å². The van der Waals surface area contributed by atoms with Crippen molar-refractivity contribution < 1.29 is 4.79 Å². The van der Waals surface area contributed by atoms with Crippen molar-refractivity contribution in [3.05, 3.63) is 47.8 Å². The number of nitrogens with one attached hydrogen (secondary N) is 2. The number of nitrogens with zero attached hydrogens (tertiary/aromatic N) is 4. The zero-order chi connectivity index (χ0) is 19.3. The highest BCUT2D eigenvalue weighted by Crippen LogP contribution is 2.17. The number of benzene rings is 1. The molecule has 0 aliphatic carbocycles. The van der Waals surface area contributed by atoms with Gasteiger partial charge in [0.15, 0.2) is 5.69 Å². The molecule has 0 bridgehead atoms. The quantitative estimate of drug-likeness (QED) is 0.826. The van der Waals surface area contributed by atoms with Gasteiger partial charge in [-0.05, 0) is 50.2 Å². The van der Waals surface area contributed by atoms with Crippen LogP contribution in [0, 0.1) is 0 Å². The Balaban J connectivity index is 1.36. The summed E-state index contributed by atoms with van der Waals surface area (Å²) in [5, 5.41) is 10.9. The van der Waals surface area contributed by atoms with Crippen molar-refractivity contribution in [3.63, 3.8) is 0 Å². The van der Waals surface area contributed by atoms with E-state index < -0.39 is 0 Å². The molecule has 150 valence electrons. The summed E-state index contributed by atoms with van der Waals surface area (Å²) in [6.07, 6.45) is 4.16. The van der Waals surface area contributed by atoms with Gasteiger partial charge in [0, 0.05) is 51.2 Å². The van der Waals surface area contributed by atoms with E-state index in [9.17, 15) is 4.79 Å². The summed E-state index contributed by atoms with van der Waals surface area (Å²) in [4.78, 5) is 17.4. The summed E-state index contributed by atoms with van der Waals surface area (Å²) in [6, 6.07) is 10.3. The van der Waals surface area contributed by atoms with Gasteiger partial charge in [-0.15, -0.1) is 0 Å². The highest BCUT2D eigenvalue weighted by atomic mass is 16.1. The zero-order valence-corrected chi connectivity index (χ0v) is 16.6. The van der Waals surface area contributed by atoms with Gasteiger partial charge in [0.25, 0.3) is 5.91 Å². The first-order valence-electron chi connectivity index (χ1n) is 10.2. The first kappa shape index (κ1) is 19.1. The Hall–Kier alpha value is -2.22. The molecule has 4 rings (SSSR count). The van der Waals surface area contributed by atoms with Gasteiger partial charge in [0.1, 0.15) is 0 Å². The first-order valence-corrected chi connectivity index (χ1v) is 10.2. The topological polar surface area (TPSA) is 65.4 Å². The van der Waals surface area contributed by atoms with E-state index in [-0.39, 0.29) is 5.91 Å². The number of aromatic nitrogens is 2. The van der Waals surface area contributed by atoms with E-state index in [0.717, 1.165) is 64.3 Å². The molecule has 2 N–H and O–H groups in total. The molecule has 0 spiro atoms. The number of piperidine rings is 1. The standard InChI is InChI=1S/C21H30N6O/c1-25-10-12-26(13-11-25)16-17-4-2-5-18(14-17)23-21(28)20-7-9-27(24-20)19-6-3-8-22-15-19/h2,4-5,7,9,14,19,22H,3,6,8,10-13,15-16H2,1H3,(H,23,28). The van der Waals surface area contributed by atoms with Crippen LogP contribution in [0.3, 0.4) is 0 Å². The molecule has 2 aliphatic rings. The van der Waals surface area contributed by atoms with E-state index in [1.807, 2.05) is 23.0 Å². The van der Waals surface area contributed by atoms with Crippen molar-refractivity contribution in [2.75, 3.05) is 51.6 Å². The van der Waals surface area contributed by atoms with Crippen molar-refractivity contribution in [3.8, 4) is 0 Å². The molecule has 2 aromatic rings. The predicted molar refractivity (Wildman–Crippen MR) is 111 cm³/mol. The zero-order valence-electron chi connectivity index (χ0n) is 16.6. The normalized spacial score (nSPS) is 21.5. The van der Waals surface area contributed by atoms with Crippen LogP contribution < -0.4 is 10.6 Å². The van der Waals surface area contributed by atoms with Gasteiger partial charge in [0.2, 0.25) is 0 Å². The lowest BCUT2D eigenvalue weighted by molar-refractivity contribution is 0.102. The Morgan fingerprint density at radius 2 is 2.11 bits per heavy atom. The fourth-order valence-electron chi connectivity index (χ4n) is 3.93. The maximum atomic E-state index is 12.6. The fourth-order valence-corrected chi connectivity index (χ4v) is 3.93. The minimum absolute atomic E-state index is 0.153. The van der Waals surface area contributed by atoms with Gasteiger partial charge in [0.05, 0.1) is 6.04 Å². The molecule has 2 saturated heterocycles. The molecule has 1 aromatic carbocycles. The number of likely N-dealkylation sites (N-methyl/N-ethyl adjacent to an activating group) is 1. The van der Waals surface area contributed by atoms with Crippen LogP contribution in [0.25, 0.3) is 0 Å². The highest BCUT2D eigenvalue weighted by molar-refractivity contribution is 6.02. The first-order chi connectivity index (χ1) is 13.7. The van der Waals surface area contributed by atoms with Crippen LogP contribution in [0.2, 0.25) is 0 Å². The second-order valence-electron chi connectivity index (χ2n) is 7.92. The van der Waals surface area contributed by atoms with E-state index in [4.69, 9.17) is 0 Å². The molecule has 1 atom stereocenters. The van der Waals surface area contributed by atoms with Gasteiger partial charge >= 0.3 is 0 Å². The Bertz CT molecular complexity index is 790. The summed E-state index contributed by atoms with van der Waals surface area (Å²) < 4.78 is 1.92. The van der Waals surface area contributed by atoms with Crippen LogP contribution in [0.4, 0.5) is 5.69 Å². The molecular formula is C21H30N6O. The summed E-state index contributed by atoms with van der Waals surface area (Å²) in [5.41, 5.74) is 2.52. The molecule has 7 nitrogen and oxygen atoms in total. The average Bonchev–Trinajstić information content (AvgIpc) is 3.21. The molecule has 1 amide bonds. The van der Waals surface area contributed by atoms with E-state index in [1.165, 1.54) is 5.56 Å². The highest BCUT2D eigenvalue weighted by Gasteiger charge is 2.18. The van der Waals surface area contributed by atoms with E-state index in [1.54, 1.807) is 6.07 Å². The van der Waals surface area contributed by atoms with Crippen molar-refractivity contribution in [2.24, 2.45) is 0 Å². The van der Waals surface area contributed by atoms with Gasteiger partial charge in [-0.2, -0.15) is 5.10 Å². The number of hydrogen-bond acceptors (Lipinski definition) is 5. The molecule has 0 radical (unpaired) electrons. The smallest absolute Gasteiger partial charge is 0.276 e. The van der Waals surface area contributed by atoms with Crippen molar-refractivity contribution in [1.29, 1.82) is 0 Å². The van der Waals surface area contributed by atoms with Gasteiger partial charge < -0.3 is 15.5 Å². The van der Waals surface area contributed by atoms with Crippen LogP contribution in [-0.2, 0) is 6.54 Å². The van der Waals surface area contributed by atoms with E-state index >= 15 is 0 Å².